The second-order valence-electron chi connectivity index (χ2n) is 8.89. The summed E-state index contributed by atoms with van der Waals surface area (Å²) in [5.41, 5.74) is 0.565. The van der Waals surface area contributed by atoms with Gasteiger partial charge >= 0.3 is 12.2 Å². The van der Waals surface area contributed by atoms with Crippen LogP contribution in [0.2, 0.25) is 5.02 Å². The maximum absolute atomic E-state index is 13.3. The molecule has 186 valence electrons. The van der Waals surface area contributed by atoms with Gasteiger partial charge < -0.3 is 20.9 Å². The molecule has 1 aliphatic rings. The van der Waals surface area contributed by atoms with Crippen LogP contribution in [0.25, 0.3) is 10.9 Å². The van der Waals surface area contributed by atoms with Crippen LogP contribution in [-0.4, -0.2) is 37.2 Å². The number of hydrogen-bond acceptors (Lipinski definition) is 4. The van der Waals surface area contributed by atoms with E-state index in [4.69, 9.17) is 16.6 Å². The predicted molar refractivity (Wildman–Crippen MR) is 134 cm³/mol. The molecule has 4 rings (SSSR count). The van der Waals surface area contributed by atoms with Gasteiger partial charge in [-0.1, -0.05) is 35.9 Å². The van der Waals surface area contributed by atoms with Crippen molar-refractivity contribution in [3.63, 3.8) is 0 Å². The SMILES string of the molecule is CN(C)c1cc(N[C@H]2CC[C@@H](NC(=O)Nc3c(Cl)cccc3C(F)(F)F)CC2)nc2ccccc12. The number of benzene rings is 2. The lowest BCUT2D eigenvalue weighted by molar-refractivity contribution is -0.136. The van der Waals surface area contributed by atoms with Gasteiger partial charge in [0.1, 0.15) is 5.82 Å². The van der Waals surface area contributed by atoms with E-state index in [0.29, 0.717) is 12.8 Å². The molecule has 0 radical (unpaired) electrons. The lowest BCUT2D eigenvalue weighted by atomic mass is 9.91. The van der Waals surface area contributed by atoms with Crippen LogP contribution in [0.5, 0.6) is 0 Å². The number of carbonyl (C=O) groups is 1. The quantitative estimate of drug-likeness (QED) is 0.369. The topological polar surface area (TPSA) is 69.3 Å². The Labute approximate surface area is 206 Å². The van der Waals surface area contributed by atoms with Crippen molar-refractivity contribution in [1.29, 1.82) is 0 Å². The molecule has 10 heteroatoms. The first-order valence-corrected chi connectivity index (χ1v) is 11.8. The zero-order chi connectivity index (χ0) is 25.2. The fourth-order valence-corrected chi connectivity index (χ4v) is 4.64. The predicted octanol–water partition coefficient (Wildman–Crippen LogP) is 6.52. The van der Waals surface area contributed by atoms with E-state index in [0.717, 1.165) is 41.3 Å². The minimum Gasteiger partial charge on any atom is -0.377 e. The summed E-state index contributed by atoms with van der Waals surface area (Å²) in [6.07, 6.45) is -1.67. The number of anilines is 3. The molecule has 1 fully saturated rings. The minimum atomic E-state index is -4.62. The van der Waals surface area contributed by atoms with Crippen LogP contribution in [0.15, 0.2) is 48.5 Å². The maximum Gasteiger partial charge on any atom is 0.418 e. The molecule has 0 aliphatic heterocycles. The van der Waals surface area contributed by atoms with Gasteiger partial charge in [0.25, 0.3) is 0 Å². The second kappa shape index (κ2) is 10.2. The molecule has 3 N–H and O–H groups in total. The number of nitrogens with one attached hydrogen (secondary N) is 3. The largest absolute Gasteiger partial charge is 0.418 e. The Morgan fingerprint density at radius 2 is 1.71 bits per heavy atom. The Morgan fingerprint density at radius 3 is 2.40 bits per heavy atom. The molecule has 1 heterocycles. The third-order valence-corrected chi connectivity index (χ3v) is 6.46. The van der Waals surface area contributed by atoms with Crippen molar-refractivity contribution in [2.75, 3.05) is 29.6 Å². The van der Waals surface area contributed by atoms with Crippen molar-refractivity contribution < 1.29 is 18.0 Å². The average molecular weight is 506 g/mol. The number of hydrogen-bond donors (Lipinski definition) is 3. The molecule has 0 bridgehead atoms. The average Bonchev–Trinajstić information content (AvgIpc) is 2.80. The Morgan fingerprint density at radius 1 is 1.03 bits per heavy atom. The van der Waals surface area contributed by atoms with Crippen LogP contribution < -0.4 is 20.9 Å². The van der Waals surface area contributed by atoms with E-state index >= 15 is 0 Å². The molecule has 35 heavy (non-hydrogen) atoms. The molecule has 3 aromatic rings. The summed E-state index contributed by atoms with van der Waals surface area (Å²) in [5.74, 6) is 0.792. The number of nitrogens with zero attached hydrogens (tertiary/aromatic N) is 2. The van der Waals surface area contributed by atoms with Crippen LogP contribution in [-0.2, 0) is 6.18 Å². The van der Waals surface area contributed by atoms with Gasteiger partial charge in [0.15, 0.2) is 0 Å². The standard InChI is InChI=1S/C25H27ClF3N5O/c1-34(2)21-14-22(32-20-9-4-3-6-17(20)21)30-15-10-12-16(13-11-15)31-24(35)33-23-18(25(27,28)29)7-5-8-19(23)26/h3-9,14-16H,10-13H2,1-2H3,(H,30,32)(H2,31,33,35)/t15-,16+. The number of alkyl halides is 3. The van der Waals surface area contributed by atoms with E-state index in [2.05, 4.69) is 20.9 Å². The molecule has 2 amide bonds. The van der Waals surface area contributed by atoms with Crippen molar-refractivity contribution >= 4 is 45.7 Å². The summed E-state index contributed by atoms with van der Waals surface area (Å²) in [5, 5.41) is 9.48. The first-order chi connectivity index (χ1) is 16.6. The number of rotatable bonds is 5. The van der Waals surface area contributed by atoms with Gasteiger partial charge in [-0.05, 0) is 43.9 Å². The first kappa shape index (κ1) is 24.9. The lowest BCUT2D eigenvalue weighted by Crippen LogP contribution is -2.42. The summed E-state index contributed by atoms with van der Waals surface area (Å²) in [6.45, 7) is 0. The highest BCUT2D eigenvalue weighted by molar-refractivity contribution is 6.34. The molecule has 6 nitrogen and oxygen atoms in total. The maximum atomic E-state index is 13.3. The highest BCUT2D eigenvalue weighted by atomic mass is 35.5. The third-order valence-electron chi connectivity index (χ3n) is 6.15. The van der Waals surface area contributed by atoms with Gasteiger partial charge in [-0.25, -0.2) is 9.78 Å². The highest BCUT2D eigenvalue weighted by Gasteiger charge is 2.35. The minimum absolute atomic E-state index is 0.147. The van der Waals surface area contributed by atoms with Crippen LogP contribution in [0.1, 0.15) is 31.2 Å². The number of urea groups is 1. The summed E-state index contributed by atoms with van der Waals surface area (Å²) in [7, 11) is 3.99. The number of amides is 2. The molecule has 0 saturated heterocycles. The Hall–Kier alpha value is -3.20. The fourth-order valence-electron chi connectivity index (χ4n) is 4.41. The van der Waals surface area contributed by atoms with Gasteiger partial charge in [0.2, 0.25) is 0 Å². The molecule has 1 aliphatic carbocycles. The van der Waals surface area contributed by atoms with Crippen LogP contribution in [0, 0.1) is 0 Å². The number of carbonyl (C=O) groups excluding carboxylic acids is 1. The summed E-state index contributed by atoms with van der Waals surface area (Å²) < 4.78 is 39.8. The molecule has 0 atom stereocenters. The normalized spacial score (nSPS) is 18.2. The van der Waals surface area contributed by atoms with E-state index in [1.807, 2.05) is 44.4 Å². The molecule has 0 unspecified atom stereocenters. The zero-order valence-electron chi connectivity index (χ0n) is 19.4. The van der Waals surface area contributed by atoms with E-state index in [9.17, 15) is 18.0 Å². The smallest absolute Gasteiger partial charge is 0.377 e. The highest BCUT2D eigenvalue weighted by Crippen LogP contribution is 2.38. The van der Waals surface area contributed by atoms with Crippen molar-refractivity contribution in [3.05, 3.63) is 59.1 Å². The number of halogens is 4. The van der Waals surface area contributed by atoms with Gasteiger partial charge in [-0.3, -0.25) is 0 Å². The Bertz CT molecular complexity index is 1210. The van der Waals surface area contributed by atoms with Crippen LogP contribution in [0.3, 0.4) is 0 Å². The fraction of sp³-hybridized carbons (Fsp3) is 0.360. The molecular weight excluding hydrogens is 479 g/mol. The van der Waals surface area contributed by atoms with Gasteiger partial charge in [0.05, 0.1) is 21.8 Å². The molecule has 0 spiro atoms. The Kier molecular flexibility index (Phi) is 7.25. The van der Waals surface area contributed by atoms with Crippen molar-refractivity contribution in [2.45, 2.75) is 43.9 Å². The Balaban J connectivity index is 1.35. The van der Waals surface area contributed by atoms with Crippen molar-refractivity contribution in [3.8, 4) is 0 Å². The monoisotopic (exact) mass is 505 g/mol. The van der Waals surface area contributed by atoms with E-state index < -0.39 is 23.5 Å². The number of para-hydroxylation sites is 2. The lowest BCUT2D eigenvalue weighted by Gasteiger charge is -2.30. The molecule has 2 aromatic carbocycles. The van der Waals surface area contributed by atoms with Crippen molar-refractivity contribution in [1.82, 2.24) is 10.3 Å². The second-order valence-corrected chi connectivity index (χ2v) is 9.30. The summed E-state index contributed by atoms with van der Waals surface area (Å²) in [4.78, 5) is 19.2. The summed E-state index contributed by atoms with van der Waals surface area (Å²) >= 11 is 5.93. The van der Waals surface area contributed by atoms with Gasteiger partial charge in [-0.2, -0.15) is 13.2 Å². The number of pyridine rings is 1. The molecule has 1 saturated carbocycles. The van der Waals surface area contributed by atoms with Crippen molar-refractivity contribution in [2.24, 2.45) is 0 Å². The number of fused-ring (bicyclic) bond motifs is 1. The number of aromatic nitrogens is 1. The van der Waals surface area contributed by atoms with Crippen LogP contribution in [0.4, 0.5) is 35.2 Å². The first-order valence-electron chi connectivity index (χ1n) is 11.4. The van der Waals surface area contributed by atoms with Gasteiger partial charge in [-0.15, -0.1) is 0 Å². The third kappa shape index (κ3) is 5.90. The molecule has 1 aromatic heterocycles. The molecular formula is C25H27ClF3N5O. The van der Waals surface area contributed by atoms with E-state index in [1.165, 1.54) is 12.1 Å². The van der Waals surface area contributed by atoms with E-state index in [-0.39, 0.29) is 17.1 Å². The van der Waals surface area contributed by atoms with Gasteiger partial charge in [0, 0.05) is 43.3 Å². The van der Waals surface area contributed by atoms with E-state index in [1.54, 1.807) is 0 Å². The van der Waals surface area contributed by atoms with Crippen LogP contribution >= 0.6 is 11.6 Å². The summed E-state index contributed by atoms with van der Waals surface area (Å²) in [6, 6.07) is 12.7. The zero-order valence-corrected chi connectivity index (χ0v) is 20.2.